The molecule has 6 heteroatoms. The Morgan fingerprint density at radius 3 is 2.21 bits per heavy atom. The number of amides is 2. The van der Waals surface area contributed by atoms with Crippen LogP contribution < -0.4 is 5.32 Å². The molecule has 1 aliphatic rings. The van der Waals surface area contributed by atoms with Gasteiger partial charge in [0.15, 0.2) is 5.41 Å². The number of halogens is 1. The highest BCUT2D eigenvalue weighted by atomic mass is 79.9. The van der Waals surface area contributed by atoms with E-state index in [-0.39, 0.29) is 5.92 Å². The van der Waals surface area contributed by atoms with Crippen LogP contribution in [0.25, 0.3) is 0 Å². The second kappa shape index (κ2) is 8.54. The van der Waals surface area contributed by atoms with Crippen molar-refractivity contribution in [3.8, 4) is 0 Å². The average Bonchev–Trinajstić information content (AvgIpc) is 2.74. The van der Waals surface area contributed by atoms with Gasteiger partial charge in [-0.05, 0) is 29.8 Å². The number of hydrogen-bond acceptors (Lipinski definition) is 3. The molecule has 2 amide bonds. The molecule has 0 aliphatic heterocycles. The number of nitrogens with zero attached hydrogens (tertiary/aromatic N) is 1. The van der Waals surface area contributed by atoms with Gasteiger partial charge in [-0.15, -0.1) is 0 Å². The molecule has 0 atom stereocenters. The Hall–Kier alpha value is -2.70. The maximum Gasteiger partial charge on any atom is 0.269 e. The molecule has 2 aromatic rings. The van der Waals surface area contributed by atoms with Crippen molar-refractivity contribution in [2.45, 2.75) is 5.92 Å². The Balaban J connectivity index is 1.91. The van der Waals surface area contributed by atoms with Gasteiger partial charge in [-0.25, -0.2) is 5.06 Å². The zero-order chi connectivity index (χ0) is 20.1. The molecule has 1 N–H and O–H groups in total. The minimum Gasteiger partial charge on any atom is -0.325 e. The van der Waals surface area contributed by atoms with Crippen LogP contribution in [-0.2, 0) is 14.4 Å². The smallest absolute Gasteiger partial charge is 0.269 e. The lowest BCUT2D eigenvalue weighted by molar-refractivity contribution is -0.176. The highest BCUT2D eigenvalue weighted by Crippen LogP contribution is 2.35. The fraction of sp³-hybridized carbons (Fsp3) is 0.182. The van der Waals surface area contributed by atoms with Gasteiger partial charge < -0.3 is 5.32 Å². The number of benzene rings is 2. The Bertz CT molecular complexity index is 893. The molecule has 0 saturated carbocycles. The molecule has 5 nitrogen and oxygen atoms in total. The Morgan fingerprint density at radius 2 is 1.64 bits per heavy atom. The summed E-state index contributed by atoms with van der Waals surface area (Å²) in [6.45, 7) is 0. The molecule has 1 aliphatic carbocycles. The Labute approximate surface area is 172 Å². The van der Waals surface area contributed by atoms with E-state index in [0.29, 0.717) is 5.69 Å². The maximum absolute atomic E-state index is 13.2. The zero-order valence-electron chi connectivity index (χ0n) is 15.6. The highest BCUT2D eigenvalue weighted by Gasteiger charge is 2.45. The predicted molar refractivity (Wildman–Crippen MR) is 112 cm³/mol. The molecule has 144 valence electrons. The second-order valence-corrected chi connectivity index (χ2v) is 7.39. The van der Waals surface area contributed by atoms with Crippen molar-refractivity contribution in [1.82, 2.24) is 5.06 Å². The molecule has 0 unspecified atom stereocenters. The molecule has 0 aromatic heterocycles. The average molecular weight is 441 g/mol. The van der Waals surface area contributed by atoms with Gasteiger partial charge in [0.05, 0.1) is 7.11 Å². The van der Waals surface area contributed by atoms with Gasteiger partial charge in [0, 0.05) is 23.1 Å². The number of hydroxylamine groups is 2. The fourth-order valence-electron chi connectivity index (χ4n) is 3.03. The van der Waals surface area contributed by atoms with Crippen LogP contribution in [0, 0.1) is 5.41 Å². The van der Waals surface area contributed by atoms with Gasteiger partial charge >= 0.3 is 0 Å². The van der Waals surface area contributed by atoms with E-state index >= 15 is 0 Å². The molecule has 0 radical (unpaired) electrons. The zero-order valence-corrected chi connectivity index (χ0v) is 17.2. The van der Waals surface area contributed by atoms with Gasteiger partial charge in [0.1, 0.15) is 0 Å². The first kappa shape index (κ1) is 20.0. The lowest BCUT2D eigenvalue weighted by Gasteiger charge is -2.31. The van der Waals surface area contributed by atoms with Gasteiger partial charge in [0.25, 0.3) is 5.91 Å². The van der Waals surface area contributed by atoms with Crippen molar-refractivity contribution in [1.29, 1.82) is 0 Å². The van der Waals surface area contributed by atoms with Crippen molar-refractivity contribution in [3.63, 3.8) is 0 Å². The number of carbonyl (C=O) groups excluding carboxylic acids is 2. The van der Waals surface area contributed by atoms with Crippen molar-refractivity contribution in [3.05, 3.63) is 88.9 Å². The first-order chi connectivity index (χ1) is 13.5. The topological polar surface area (TPSA) is 58.6 Å². The SMILES string of the molecule is CON(C)C(=O)C1(C(=O)Nc2ccc(Br)cc2)C=CC(c2ccccc2)C=C1. The molecular formula is C22H21BrN2O3. The molecule has 0 spiro atoms. The molecule has 0 bridgehead atoms. The standard InChI is InChI=1S/C22H21BrN2O3/c1-25(28-2)21(27)22(20(26)24-19-10-8-18(23)9-11-19)14-12-17(13-15-22)16-6-4-3-5-7-16/h3-15,17H,1-2H3,(H,24,26). The van der Waals surface area contributed by atoms with Gasteiger partial charge in [0.2, 0.25) is 5.91 Å². The summed E-state index contributed by atoms with van der Waals surface area (Å²) < 4.78 is 0.901. The van der Waals surface area contributed by atoms with Gasteiger partial charge in [-0.1, -0.05) is 70.6 Å². The second-order valence-electron chi connectivity index (χ2n) is 6.47. The van der Waals surface area contributed by atoms with Crippen molar-refractivity contribution >= 4 is 33.4 Å². The molecule has 3 rings (SSSR count). The maximum atomic E-state index is 13.2. The number of rotatable bonds is 5. The van der Waals surface area contributed by atoms with E-state index in [0.717, 1.165) is 15.1 Å². The molecular weight excluding hydrogens is 420 g/mol. The van der Waals surface area contributed by atoms with Crippen LogP contribution >= 0.6 is 15.9 Å². The van der Waals surface area contributed by atoms with E-state index in [1.54, 1.807) is 24.3 Å². The number of carbonyl (C=O) groups is 2. The summed E-state index contributed by atoms with van der Waals surface area (Å²) >= 11 is 3.37. The summed E-state index contributed by atoms with van der Waals surface area (Å²) in [6, 6.07) is 17.1. The van der Waals surface area contributed by atoms with Crippen molar-refractivity contribution in [2.24, 2.45) is 5.41 Å². The molecule has 28 heavy (non-hydrogen) atoms. The number of nitrogens with one attached hydrogen (secondary N) is 1. The van der Waals surface area contributed by atoms with Crippen LogP contribution in [0.5, 0.6) is 0 Å². The first-order valence-corrected chi connectivity index (χ1v) is 9.58. The lowest BCUT2D eigenvalue weighted by atomic mass is 9.78. The number of allylic oxidation sites excluding steroid dienone is 2. The summed E-state index contributed by atoms with van der Waals surface area (Å²) in [4.78, 5) is 31.2. The summed E-state index contributed by atoms with van der Waals surface area (Å²) in [5.41, 5.74) is 0.209. The van der Waals surface area contributed by atoms with Crippen molar-refractivity contribution in [2.75, 3.05) is 19.5 Å². The summed E-state index contributed by atoms with van der Waals surface area (Å²) in [6.07, 6.45) is 7.04. The quantitative estimate of drug-likeness (QED) is 0.428. The van der Waals surface area contributed by atoms with Crippen LogP contribution in [0.2, 0.25) is 0 Å². The summed E-state index contributed by atoms with van der Waals surface area (Å²) in [5, 5.41) is 3.90. The van der Waals surface area contributed by atoms with Gasteiger partial charge in [-0.3, -0.25) is 14.4 Å². The van der Waals surface area contributed by atoms with Crippen LogP contribution in [0.4, 0.5) is 5.69 Å². The minimum absolute atomic E-state index is 0.00421. The van der Waals surface area contributed by atoms with Crippen LogP contribution in [-0.4, -0.2) is 31.0 Å². The minimum atomic E-state index is -1.48. The highest BCUT2D eigenvalue weighted by molar-refractivity contribution is 9.10. The van der Waals surface area contributed by atoms with E-state index in [1.165, 1.54) is 14.2 Å². The van der Waals surface area contributed by atoms with Crippen LogP contribution in [0.1, 0.15) is 11.5 Å². The number of anilines is 1. The third kappa shape index (κ3) is 4.08. The van der Waals surface area contributed by atoms with E-state index < -0.39 is 17.2 Å². The van der Waals surface area contributed by atoms with Crippen molar-refractivity contribution < 1.29 is 14.4 Å². The van der Waals surface area contributed by atoms with E-state index in [2.05, 4.69) is 21.2 Å². The normalized spacial score (nSPS) is 20.6. The monoisotopic (exact) mass is 440 g/mol. The molecule has 0 saturated heterocycles. The van der Waals surface area contributed by atoms with E-state index in [9.17, 15) is 9.59 Å². The molecule has 2 aromatic carbocycles. The Morgan fingerprint density at radius 1 is 1.04 bits per heavy atom. The molecule has 0 fully saturated rings. The Kier molecular flexibility index (Phi) is 6.11. The summed E-state index contributed by atoms with van der Waals surface area (Å²) in [5.74, 6) is -0.915. The van der Waals surface area contributed by atoms with E-state index in [1.807, 2.05) is 54.6 Å². The van der Waals surface area contributed by atoms with Crippen LogP contribution in [0.15, 0.2) is 83.4 Å². The largest absolute Gasteiger partial charge is 0.325 e. The lowest BCUT2D eigenvalue weighted by Crippen LogP contribution is -2.47. The fourth-order valence-corrected chi connectivity index (χ4v) is 3.29. The number of hydrogen-bond donors (Lipinski definition) is 1. The van der Waals surface area contributed by atoms with E-state index in [4.69, 9.17) is 4.84 Å². The van der Waals surface area contributed by atoms with Crippen LogP contribution in [0.3, 0.4) is 0 Å². The third-order valence-corrected chi connectivity index (χ3v) is 5.24. The summed E-state index contributed by atoms with van der Waals surface area (Å²) in [7, 11) is 2.88. The first-order valence-electron chi connectivity index (χ1n) is 8.79. The third-order valence-electron chi connectivity index (χ3n) is 4.71. The predicted octanol–water partition coefficient (Wildman–Crippen LogP) is 4.30. The molecule has 0 heterocycles. The van der Waals surface area contributed by atoms with Gasteiger partial charge in [-0.2, -0.15) is 0 Å².